The van der Waals surface area contributed by atoms with Crippen molar-refractivity contribution >= 4 is 22.8 Å². The monoisotopic (exact) mass is 259 g/mol. The van der Waals surface area contributed by atoms with Crippen molar-refractivity contribution in [1.29, 1.82) is 0 Å². The molecule has 1 aromatic carbocycles. The summed E-state index contributed by atoms with van der Waals surface area (Å²) in [6, 6.07) is 9.46. The highest BCUT2D eigenvalue weighted by molar-refractivity contribution is 6.30. The van der Waals surface area contributed by atoms with Gasteiger partial charge in [0.15, 0.2) is 11.2 Å². The normalized spacial score (nSPS) is 11.0. The Morgan fingerprint density at radius 2 is 2.11 bits per heavy atom. The van der Waals surface area contributed by atoms with Gasteiger partial charge in [0.25, 0.3) is 0 Å². The van der Waals surface area contributed by atoms with Crippen LogP contribution >= 0.6 is 11.6 Å². The van der Waals surface area contributed by atoms with Gasteiger partial charge in [0.2, 0.25) is 5.89 Å². The number of pyridine rings is 1. The molecule has 2 aromatic heterocycles. The summed E-state index contributed by atoms with van der Waals surface area (Å²) >= 11 is 5.97. The highest BCUT2D eigenvalue weighted by Crippen LogP contribution is 2.25. The van der Waals surface area contributed by atoms with Gasteiger partial charge in [0.1, 0.15) is 0 Å². The van der Waals surface area contributed by atoms with Crippen LogP contribution in [0.4, 0.5) is 0 Å². The summed E-state index contributed by atoms with van der Waals surface area (Å²) in [5, 5.41) is 0.688. The molecule has 0 saturated carbocycles. The van der Waals surface area contributed by atoms with Gasteiger partial charge in [-0.1, -0.05) is 23.7 Å². The number of nitrogens with zero attached hydrogens (tertiary/aromatic N) is 2. The molecule has 0 saturated heterocycles. The van der Waals surface area contributed by atoms with Gasteiger partial charge in [-0.05, 0) is 23.8 Å². The zero-order chi connectivity index (χ0) is 12.5. The molecule has 3 aromatic rings. The summed E-state index contributed by atoms with van der Waals surface area (Å²) in [5.41, 5.74) is 8.61. The van der Waals surface area contributed by atoms with E-state index in [2.05, 4.69) is 9.97 Å². The number of benzene rings is 1. The fourth-order valence-corrected chi connectivity index (χ4v) is 1.97. The van der Waals surface area contributed by atoms with Crippen LogP contribution in [-0.4, -0.2) is 9.97 Å². The SMILES string of the molecule is NCc1nc2ncc(-c3cccc(Cl)c3)cc2o1. The first-order valence-corrected chi connectivity index (χ1v) is 5.85. The number of hydrogen-bond acceptors (Lipinski definition) is 4. The van der Waals surface area contributed by atoms with Gasteiger partial charge in [-0.25, -0.2) is 4.98 Å². The van der Waals surface area contributed by atoms with Gasteiger partial charge in [-0.3, -0.25) is 0 Å². The molecule has 0 aliphatic heterocycles. The van der Waals surface area contributed by atoms with E-state index in [1.807, 2.05) is 30.3 Å². The van der Waals surface area contributed by atoms with Crippen LogP contribution in [-0.2, 0) is 6.54 Å². The average Bonchev–Trinajstić information content (AvgIpc) is 2.80. The molecule has 18 heavy (non-hydrogen) atoms. The molecule has 0 radical (unpaired) electrons. The lowest BCUT2D eigenvalue weighted by molar-refractivity contribution is 0.533. The quantitative estimate of drug-likeness (QED) is 0.768. The summed E-state index contributed by atoms with van der Waals surface area (Å²) in [5.74, 6) is 0.487. The van der Waals surface area contributed by atoms with Gasteiger partial charge in [0.05, 0.1) is 6.54 Å². The second kappa shape index (κ2) is 4.40. The van der Waals surface area contributed by atoms with E-state index >= 15 is 0 Å². The first kappa shape index (κ1) is 11.2. The Hall–Kier alpha value is -1.91. The van der Waals surface area contributed by atoms with Crippen molar-refractivity contribution in [2.75, 3.05) is 0 Å². The Labute approximate surface area is 108 Å². The minimum Gasteiger partial charge on any atom is -0.438 e. The number of aromatic nitrogens is 2. The molecular formula is C13H10ClN3O. The first-order chi connectivity index (χ1) is 8.76. The predicted octanol–water partition coefficient (Wildman–Crippen LogP) is 3.00. The fourth-order valence-electron chi connectivity index (χ4n) is 1.78. The van der Waals surface area contributed by atoms with Crippen molar-refractivity contribution in [3.05, 3.63) is 47.4 Å². The average molecular weight is 260 g/mol. The molecule has 2 N–H and O–H groups in total. The second-order valence-electron chi connectivity index (χ2n) is 3.87. The molecular weight excluding hydrogens is 250 g/mol. The van der Waals surface area contributed by atoms with Crippen LogP contribution in [0.15, 0.2) is 40.9 Å². The van der Waals surface area contributed by atoms with Crippen molar-refractivity contribution in [3.8, 4) is 11.1 Å². The molecule has 0 aliphatic carbocycles. The van der Waals surface area contributed by atoms with E-state index in [9.17, 15) is 0 Å². The molecule has 4 nitrogen and oxygen atoms in total. The van der Waals surface area contributed by atoms with Crippen LogP contribution < -0.4 is 5.73 Å². The number of hydrogen-bond donors (Lipinski definition) is 1. The van der Waals surface area contributed by atoms with E-state index in [1.54, 1.807) is 6.20 Å². The third kappa shape index (κ3) is 1.96. The van der Waals surface area contributed by atoms with Crippen LogP contribution in [0.5, 0.6) is 0 Å². The highest BCUT2D eigenvalue weighted by Gasteiger charge is 2.07. The third-order valence-corrected chi connectivity index (χ3v) is 2.86. The maximum Gasteiger partial charge on any atom is 0.210 e. The van der Waals surface area contributed by atoms with E-state index in [4.69, 9.17) is 21.8 Å². The topological polar surface area (TPSA) is 64.9 Å². The van der Waals surface area contributed by atoms with Crippen molar-refractivity contribution in [2.45, 2.75) is 6.54 Å². The predicted molar refractivity (Wildman–Crippen MR) is 70.1 cm³/mol. The molecule has 0 bridgehead atoms. The molecule has 0 unspecified atom stereocenters. The molecule has 0 spiro atoms. The van der Waals surface area contributed by atoms with Crippen LogP contribution in [0.25, 0.3) is 22.4 Å². The van der Waals surface area contributed by atoms with Crippen molar-refractivity contribution in [2.24, 2.45) is 5.73 Å². The maximum atomic E-state index is 5.97. The van der Waals surface area contributed by atoms with E-state index in [0.29, 0.717) is 22.1 Å². The Kier molecular flexibility index (Phi) is 2.74. The maximum absolute atomic E-state index is 5.97. The molecule has 3 rings (SSSR count). The molecule has 0 amide bonds. The zero-order valence-corrected chi connectivity index (χ0v) is 10.2. The number of halogens is 1. The van der Waals surface area contributed by atoms with E-state index in [1.165, 1.54) is 0 Å². The molecule has 0 fully saturated rings. The van der Waals surface area contributed by atoms with Gasteiger partial charge in [0, 0.05) is 16.8 Å². The zero-order valence-electron chi connectivity index (χ0n) is 9.43. The minimum absolute atomic E-state index is 0.267. The van der Waals surface area contributed by atoms with Crippen molar-refractivity contribution < 1.29 is 4.42 Å². The van der Waals surface area contributed by atoms with Gasteiger partial charge in [-0.2, -0.15) is 4.98 Å². The Bertz CT molecular complexity index is 708. The third-order valence-electron chi connectivity index (χ3n) is 2.62. The standard InChI is InChI=1S/C13H10ClN3O/c14-10-3-1-2-8(4-10)9-5-11-13(16-7-9)17-12(6-15)18-11/h1-5,7H,6,15H2. The number of fused-ring (bicyclic) bond motifs is 1. The van der Waals surface area contributed by atoms with E-state index in [0.717, 1.165) is 11.1 Å². The fraction of sp³-hybridized carbons (Fsp3) is 0.0769. The summed E-state index contributed by atoms with van der Waals surface area (Å²) in [4.78, 5) is 8.41. The van der Waals surface area contributed by atoms with Gasteiger partial charge < -0.3 is 10.2 Å². The molecule has 5 heteroatoms. The van der Waals surface area contributed by atoms with Crippen LogP contribution in [0.3, 0.4) is 0 Å². The lowest BCUT2D eigenvalue weighted by Crippen LogP contribution is -1.95. The number of rotatable bonds is 2. The lowest BCUT2D eigenvalue weighted by atomic mass is 10.1. The molecule has 2 heterocycles. The molecule has 0 aliphatic rings. The largest absolute Gasteiger partial charge is 0.438 e. The summed E-state index contributed by atoms with van der Waals surface area (Å²) in [6.07, 6.45) is 1.75. The van der Waals surface area contributed by atoms with Crippen LogP contribution in [0, 0.1) is 0 Å². The summed E-state index contributed by atoms with van der Waals surface area (Å²) in [7, 11) is 0. The van der Waals surface area contributed by atoms with E-state index in [-0.39, 0.29) is 6.54 Å². The van der Waals surface area contributed by atoms with Crippen LogP contribution in [0.2, 0.25) is 5.02 Å². The van der Waals surface area contributed by atoms with Crippen LogP contribution in [0.1, 0.15) is 5.89 Å². The summed E-state index contributed by atoms with van der Waals surface area (Å²) < 4.78 is 5.48. The number of nitrogens with two attached hydrogens (primary N) is 1. The van der Waals surface area contributed by atoms with Gasteiger partial charge in [-0.15, -0.1) is 0 Å². The summed E-state index contributed by atoms with van der Waals surface area (Å²) in [6.45, 7) is 0.267. The minimum atomic E-state index is 0.267. The van der Waals surface area contributed by atoms with Crippen molar-refractivity contribution in [3.63, 3.8) is 0 Å². The number of oxazole rings is 1. The lowest BCUT2D eigenvalue weighted by Gasteiger charge is -2.00. The highest BCUT2D eigenvalue weighted by atomic mass is 35.5. The smallest absolute Gasteiger partial charge is 0.210 e. The molecule has 0 atom stereocenters. The van der Waals surface area contributed by atoms with E-state index < -0.39 is 0 Å². The first-order valence-electron chi connectivity index (χ1n) is 5.48. The van der Waals surface area contributed by atoms with Crippen molar-refractivity contribution in [1.82, 2.24) is 9.97 Å². The second-order valence-corrected chi connectivity index (χ2v) is 4.30. The Morgan fingerprint density at radius 3 is 2.89 bits per heavy atom. The molecule has 90 valence electrons. The Balaban J connectivity index is 2.12. The Morgan fingerprint density at radius 1 is 1.22 bits per heavy atom. The van der Waals surface area contributed by atoms with Gasteiger partial charge >= 0.3 is 0 Å².